The van der Waals surface area contributed by atoms with Gasteiger partial charge in [0.1, 0.15) is 5.75 Å². The van der Waals surface area contributed by atoms with Crippen LogP contribution in [-0.4, -0.2) is 54.9 Å². The van der Waals surface area contributed by atoms with Gasteiger partial charge in [-0.05, 0) is 30.9 Å². The molecule has 1 atom stereocenters. The molecule has 1 saturated heterocycles. The lowest BCUT2D eigenvalue weighted by Crippen LogP contribution is -2.46. The molecule has 3 amide bonds. The number of amides is 3. The number of hydrogen-bond donors (Lipinski definition) is 3. The Bertz CT molecular complexity index is 678. The van der Waals surface area contributed by atoms with Crippen molar-refractivity contribution < 1.29 is 19.1 Å². The monoisotopic (exact) mass is 412 g/mol. The fourth-order valence-electron chi connectivity index (χ4n) is 2.66. The third-order valence-electron chi connectivity index (χ3n) is 4.38. The number of nitrogens with one attached hydrogen (secondary N) is 2. The summed E-state index contributed by atoms with van der Waals surface area (Å²) in [4.78, 5) is 37.6. The van der Waals surface area contributed by atoms with E-state index in [1.807, 2.05) is 13.8 Å². The van der Waals surface area contributed by atoms with Crippen LogP contribution in [0.3, 0.4) is 0 Å². The number of halogens is 1. The van der Waals surface area contributed by atoms with Gasteiger partial charge < -0.3 is 26.0 Å². The molecule has 28 heavy (non-hydrogen) atoms. The van der Waals surface area contributed by atoms with E-state index in [9.17, 15) is 14.4 Å². The van der Waals surface area contributed by atoms with Crippen LogP contribution in [0, 0.1) is 5.92 Å². The van der Waals surface area contributed by atoms with Crippen LogP contribution in [0.5, 0.6) is 5.75 Å². The molecule has 1 aliphatic heterocycles. The number of likely N-dealkylation sites (tertiary alicyclic amines) is 1. The second-order valence-electron chi connectivity index (χ2n) is 6.94. The highest BCUT2D eigenvalue weighted by molar-refractivity contribution is 5.95. The molecule has 1 aromatic rings. The van der Waals surface area contributed by atoms with Crippen LogP contribution in [0.1, 0.15) is 26.7 Å². The van der Waals surface area contributed by atoms with Gasteiger partial charge in [0.15, 0.2) is 6.61 Å². The molecular formula is C19H29ClN4O4. The van der Waals surface area contributed by atoms with Gasteiger partial charge in [0.05, 0.1) is 12.6 Å². The van der Waals surface area contributed by atoms with Gasteiger partial charge in [0.25, 0.3) is 5.91 Å². The van der Waals surface area contributed by atoms with E-state index in [2.05, 4.69) is 10.6 Å². The molecule has 1 heterocycles. The summed E-state index contributed by atoms with van der Waals surface area (Å²) in [5.41, 5.74) is 6.25. The van der Waals surface area contributed by atoms with Crippen LogP contribution in [0.2, 0.25) is 0 Å². The van der Waals surface area contributed by atoms with E-state index in [-0.39, 0.29) is 49.2 Å². The number of carbonyl (C=O) groups is 3. The highest BCUT2D eigenvalue weighted by atomic mass is 35.5. The molecule has 1 fully saturated rings. The first-order valence-corrected chi connectivity index (χ1v) is 9.20. The van der Waals surface area contributed by atoms with Crippen molar-refractivity contribution in [1.82, 2.24) is 10.2 Å². The van der Waals surface area contributed by atoms with Gasteiger partial charge in [0, 0.05) is 24.8 Å². The predicted molar refractivity (Wildman–Crippen MR) is 109 cm³/mol. The number of ether oxygens (including phenoxy) is 1. The summed E-state index contributed by atoms with van der Waals surface area (Å²) in [6, 6.07) is 6.13. The third-order valence-corrected chi connectivity index (χ3v) is 4.38. The Kier molecular flexibility index (Phi) is 9.75. The van der Waals surface area contributed by atoms with E-state index >= 15 is 0 Å². The zero-order valence-electron chi connectivity index (χ0n) is 16.3. The first-order valence-electron chi connectivity index (χ1n) is 9.20. The number of hydrogen-bond acceptors (Lipinski definition) is 5. The van der Waals surface area contributed by atoms with Gasteiger partial charge in [-0.15, -0.1) is 12.4 Å². The van der Waals surface area contributed by atoms with Gasteiger partial charge in [-0.3, -0.25) is 14.4 Å². The van der Waals surface area contributed by atoms with Crippen molar-refractivity contribution >= 4 is 35.8 Å². The summed E-state index contributed by atoms with van der Waals surface area (Å²) in [6.07, 6.45) is 2.07. The lowest BCUT2D eigenvalue weighted by Gasteiger charge is -2.16. The summed E-state index contributed by atoms with van der Waals surface area (Å²) < 4.78 is 5.53. The molecule has 0 radical (unpaired) electrons. The number of benzene rings is 1. The Labute approximate surface area is 171 Å². The van der Waals surface area contributed by atoms with Crippen molar-refractivity contribution in [1.29, 1.82) is 0 Å². The Morgan fingerprint density at radius 1 is 1.21 bits per heavy atom. The normalized spacial score (nSPS) is 14.2. The molecule has 0 bridgehead atoms. The van der Waals surface area contributed by atoms with Crippen molar-refractivity contribution in [2.45, 2.75) is 32.7 Å². The fraction of sp³-hybridized carbons (Fsp3) is 0.526. The Hall–Kier alpha value is -2.32. The number of anilines is 1. The smallest absolute Gasteiger partial charge is 0.260 e. The van der Waals surface area contributed by atoms with Crippen LogP contribution in [0.4, 0.5) is 5.69 Å². The molecule has 0 unspecified atom stereocenters. The van der Waals surface area contributed by atoms with Crippen molar-refractivity contribution in [2.24, 2.45) is 11.7 Å². The molecule has 4 N–H and O–H groups in total. The average molecular weight is 413 g/mol. The lowest BCUT2D eigenvalue weighted by molar-refractivity contribution is -0.132. The van der Waals surface area contributed by atoms with E-state index in [1.54, 1.807) is 29.2 Å². The number of carbonyl (C=O) groups excluding carboxylic acids is 3. The van der Waals surface area contributed by atoms with Crippen molar-refractivity contribution in [3.05, 3.63) is 24.3 Å². The zero-order chi connectivity index (χ0) is 19.8. The minimum absolute atomic E-state index is 0. The van der Waals surface area contributed by atoms with Gasteiger partial charge in [-0.1, -0.05) is 19.9 Å². The molecule has 0 aromatic heterocycles. The molecule has 9 heteroatoms. The van der Waals surface area contributed by atoms with Crippen molar-refractivity contribution in [2.75, 3.05) is 31.6 Å². The predicted octanol–water partition coefficient (Wildman–Crippen LogP) is 1.15. The number of nitrogens with two attached hydrogens (primary N) is 1. The summed E-state index contributed by atoms with van der Waals surface area (Å²) in [7, 11) is 0. The van der Waals surface area contributed by atoms with E-state index in [0.717, 1.165) is 25.9 Å². The number of nitrogens with zero attached hydrogens (tertiary/aromatic N) is 1. The first-order chi connectivity index (χ1) is 12.9. The second-order valence-corrected chi connectivity index (χ2v) is 6.94. The minimum atomic E-state index is -0.650. The van der Waals surface area contributed by atoms with Crippen LogP contribution < -0.4 is 21.1 Å². The van der Waals surface area contributed by atoms with Gasteiger partial charge in [0.2, 0.25) is 11.8 Å². The van der Waals surface area contributed by atoms with Crippen LogP contribution in [-0.2, 0) is 14.4 Å². The van der Waals surface area contributed by atoms with Crippen LogP contribution in [0.15, 0.2) is 24.3 Å². The Balaban J connectivity index is 0.00000392. The lowest BCUT2D eigenvalue weighted by atomic mass is 10.1. The maximum absolute atomic E-state index is 12.0. The van der Waals surface area contributed by atoms with Crippen LogP contribution in [0.25, 0.3) is 0 Å². The summed E-state index contributed by atoms with van der Waals surface area (Å²) in [5.74, 6) is -0.287. The molecule has 8 nitrogen and oxygen atoms in total. The van der Waals surface area contributed by atoms with Crippen molar-refractivity contribution in [3.8, 4) is 5.75 Å². The van der Waals surface area contributed by atoms with Crippen LogP contribution >= 0.6 is 12.4 Å². The maximum atomic E-state index is 12.0. The molecular weight excluding hydrogens is 384 g/mol. The summed E-state index contributed by atoms with van der Waals surface area (Å²) in [5, 5.41) is 5.19. The highest BCUT2D eigenvalue weighted by Gasteiger charge is 2.19. The van der Waals surface area contributed by atoms with Gasteiger partial charge >= 0.3 is 0 Å². The SMILES string of the molecule is CC(C)[C@H](N)C(=O)NCC(=O)Nc1cccc(OCC(=O)N2CCCC2)c1.Cl. The minimum Gasteiger partial charge on any atom is -0.484 e. The molecule has 0 spiro atoms. The molecule has 2 rings (SSSR count). The molecule has 1 aromatic carbocycles. The largest absolute Gasteiger partial charge is 0.484 e. The second kappa shape index (κ2) is 11.5. The topological polar surface area (TPSA) is 114 Å². The highest BCUT2D eigenvalue weighted by Crippen LogP contribution is 2.18. The molecule has 156 valence electrons. The van der Waals surface area contributed by atoms with E-state index in [0.29, 0.717) is 11.4 Å². The maximum Gasteiger partial charge on any atom is 0.260 e. The Morgan fingerprint density at radius 2 is 1.89 bits per heavy atom. The van der Waals surface area contributed by atoms with Crippen molar-refractivity contribution in [3.63, 3.8) is 0 Å². The molecule has 0 aliphatic carbocycles. The van der Waals surface area contributed by atoms with E-state index in [1.165, 1.54) is 0 Å². The standard InChI is InChI=1S/C19H28N4O4.ClH/c1-13(2)18(20)19(26)21-11-16(24)22-14-6-5-7-15(10-14)27-12-17(25)23-8-3-4-9-23;/h5-7,10,13,18H,3-4,8-9,11-12,20H2,1-2H3,(H,21,26)(H,22,24);1H/t18-;/m0./s1. The molecule has 1 aliphatic rings. The molecule has 0 saturated carbocycles. The first kappa shape index (κ1) is 23.7. The third kappa shape index (κ3) is 7.36. The summed E-state index contributed by atoms with van der Waals surface area (Å²) >= 11 is 0. The van der Waals surface area contributed by atoms with Gasteiger partial charge in [-0.25, -0.2) is 0 Å². The Morgan fingerprint density at radius 3 is 2.54 bits per heavy atom. The quantitative estimate of drug-likeness (QED) is 0.592. The number of rotatable bonds is 8. The zero-order valence-corrected chi connectivity index (χ0v) is 17.1. The fourth-order valence-corrected chi connectivity index (χ4v) is 2.66. The van der Waals surface area contributed by atoms with E-state index < -0.39 is 6.04 Å². The van der Waals surface area contributed by atoms with E-state index in [4.69, 9.17) is 10.5 Å². The average Bonchev–Trinajstić information content (AvgIpc) is 3.18. The summed E-state index contributed by atoms with van der Waals surface area (Å²) in [6.45, 7) is 5.04. The van der Waals surface area contributed by atoms with Gasteiger partial charge in [-0.2, -0.15) is 0 Å².